The summed E-state index contributed by atoms with van der Waals surface area (Å²) in [6, 6.07) is 16.5. The van der Waals surface area contributed by atoms with E-state index in [1.54, 1.807) is 0 Å². The van der Waals surface area contributed by atoms with Crippen molar-refractivity contribution in [2.45, 2.75) is 50.0 Å². The first-order valence-electron chi connectivity index (χ1n) is 11.1. The van der Waals surface area contributed by atoms with Gasteiger partial charge in [-0.3, -0.25) is 9.69 Å². The molecule has 30 heavy (non-hydrogen) atoms. The van der Waals surface area contributed by atoms with E-state index in [-0.39, 0.29) is 11.4 Å². The Balaban J connectivity index is 1.41. The van der Waals surface area contributed by atoms with Crippen LogP contribution in [0.25, 0.3) is 0 Å². The van der Waals surface area contributed by atoms with Gasteiger partial charge in [-0.2, -0.15) is 0 Å². The van der Waals surface area contributed by atoms with E-state index in [0.717, 1.165) is 37.9 Å². The molecule has 3 aliphatic rings. The maximum absolute atomic E-state index is 12.8. The summed E-state index contributed by atoms with van der Waals surface area (Å²) in [4.78, 5) is 15.4. The number of hydrogen-bond acceptors (Lipinski definition) is 4. The second-order valence-electron chi connectivity index (χ2n) is 9.79. The number of nitrogens with zero attached hydrogens (tertiary/aromatic N) is 1. The van der Waals surface area contributed by atoms with E-state index in [1.165, 1.54) is 18.2 Å². The molecule has 1 aliphatic heterocycles. The molecule has 5 atom stereocenters. The van der Waals surface area contributed by atoms with Crippen LogP contribution in [0.1, 0.15) is 43.4 Å². The van der Waals surface area contributed by atoms with E-state index < -0.39 is 5.41 Å². The Morgan fingerprint density at radius 1 is 1.23 bits per heavy atom. The quantitative estimate of drug-likeness (QED) is 0.780. The molecule has 0 amide bonds. The summed E-state index contributed by atoms with van der Waals surface area (Å²) in [5.41, 5.74) is 3.38. The Morgan fingerprint density at radius 3 is 2.73 bits per heavy atom. The average molecular weight is 406 g/mol. The maximum atomic E-state index is 12.8. The Labute approximate surface area is 178 Å². The molecule has 4 nitrogen and oxygen atoms in total. The van der Waals surface area contributed by atoms with Crippen LogP contribution in [0, 0.1) is 11.8 Å². The number of carbonyl (C=O) groups excluding carboxylic acids is 1. The minimum Gasteiger partial charge on any atom is -0.508 e. The fourth-order valence-electron chi connectivity index (χ4n) is 6.39. The number of esters is 1. The fourth-order valence-corrected chi connectivity index (χ4v) is 6.39. The van der Waals surface area contributed by atoms with E-state index >= 15 is 0 Å². The fraction of sp³-hybridized carbons (Fsp3) is 0.500. The third-order valence-corrected chi connectivity index (χ3v) is 8.51. The normalized spacial score (nSPS) is 34.8. The number of carbonyl (C=O) groups is 1. The van der Waals surface area contributed by atoms with Gasteiger partial charge in [0.2, 0.25) is 0 Å². The molecular weight excluding hydrogens is 374 g/mol. The number of methoxy groups -OCH3 is 1. The largest absolute Gasteiger partial charge is 0.508 e. The first kappa shape index (κ1) is 19.6. The van der Waals surface area contributed by atoms with Crippen LogP contribution < -0.4 is 0 Å². The molecular formula is C26H31NO3. The van der Waals surface area contributed by atoms with Crippen LogP contribution in [0.15, 0.2) is 48.5 Å². The van der Waals surface area contributed by atoms with E-state index in [9.17, 15) is 9.90 Å². The molecule has 1 N–H and O–H groups in total. The summed E-state index contributed by atoms with van der Waals surface area (Å²) >= 11 is 0. The lowest BCUT2D eigenvalue weighted by Crippen LogP contribution is -2.58. The van der Waals surface area contributed by atoms with Crippen LogP contribution in [0.5, 0.6) is 5.75 Å². The van der Waals surface area contributed by atoms with Gasteiger partial charge in [0.1, 0.15) is 5.75 Å². The minimum absolute atomic E-state index is 0.0932. The molecule has 2 fully saturated rings. The van der Waals surface area contributed by atoms with Crippen LogP contribution in [-0.4, -0.2) is 42.2 Å². The summed E-state index contributed by atoms with van der Waals surface area (Å²) in [5, 5.41) is 10.1. The first-order valence-corrected chi connectivity index (χ1v) is 11.1. The zero-order valence-corrected chi connectivity index (χ0v) is 18.1. The molecule has 2 aromatic carbocycles. The number of phenols is 1. The number of aromatic hydroxyl groups is 1. The smallest absolute Gasteiger partial charge is 0.316 e. The number of piperidine rings is 1. The topological polar surface area (TPSA) is 49.8 Å². The Kier molecular flexibility index (Phi) is 4.48. The molecule has 2 aromatic rings. The summed E-state index contributed by atoms with van der Waals surface area (Å²) < 4.78 is 5.25. The lowest BCUT2D eigenvalue weighted by atomic mass is 9.59. The van der Waals surface area contributed by atoms with Crippen molar-refractivity contribution in [1.29, 1.82) is 0 Å². The highest BCUT2D eigenvalue weighted by Crippen LogP contribution is 2.57. The van der Waals surface area contributed by atoms with Gasteiger partial charge >= 0.3 is 5.97 Å². The number of likely N-dealkylation sites (tertiary alicyclic amines) is 1. The third kappa shape index (κ3) is 2.73. The van der Waals surface area contributed by atoms with Crippen molar-refractivity contribution in [2.24, 2.45) is 11.8 Å². The van der Waals surface area contributed by atoms with E-state index in [0.29, 0.717) is 23.6 Å². The van der Waals surface area contributed by atoms with Crippen molar-refractivity contribution in [3.05, 3.63) is 65.2 Å². The number of ether oxygens (including phenoxy) is 1. The summed E-state index contributed by atoms with van der Waals surface area (Å²) in [7, 11) is 1.50. The second-order valence-corrected chi connectivity index (χ2v) is 9.79. The van der Waals surface area contributed by atoms with Gasteiger partial charge < -0.3 is 9.84 Å². The van der Waals surface area contributed by atoms with Crippen LogP contribution in [-0.2, 0) is 26.8 Å². The van der Waals surface area contributed by atoms with E-state index in [2.05, 4.69) is 36.9 Å². The monoisotopic (exact) mass is 405 g/mol. The van der Waals surface area contributed by atoms with Crippen LogP contribution in [0.2, 0.25) is 0 Å². The molecule has 1 heterocycles. The predicted molar refractivity (Wildman–Crippen MR) is 117 cm³/mol. The number of benzene rings is 2. The molecule has 0 spiro atoms. The Bertz CT molecular complexity index is 973. The maximum Gasteiger partial charge on any atom is 0.316 e. The van der Waals surface area contributed by atoms with Crippen molar-refractivity contribution < 1.29 is 14.6 Å². The number of hydrogen-bond donors (Lipinski definition) is 1. The van der Waals surface area contributed by atoms with Crippen molar-refractivity contribution in [3.8, 4) is 5.75 Å². The summed E-state index contributed by atoms with van der Waals surface area (Å²) in [5.74, 6) is 1.07. The molecule has 4 heteroatoms. The highest BCUT2D eigenvalue weighted by atomic mass is 16.5. The standard InChI is InChI=1S/C26H31NO3/c1-17-23-13-18-9-10-21(28)14-22(18)25(17,2)11-12-27(23)16-20-15-26(20,24(29)30-3)19-7-5-4-6-8-19/h4-10,14,17,20,23,28H,11-13,15-16H2,1-3H3/t17-,20+,23+,25+,26+/m0/s1. The molecule has 0 aromatic heterocycles. The van der Waals surface area contributed by atoms with Crippen molar-refractivity contribution >= 4 is 5.97 Å². The van der Waals surface area contributed by atoms with Crippen LogP contribution >= 0.6 is 0 Å². The van der Waals surface area contributed by atoms with Gasteiger partial charge in [0.05, 0.1) is 12.5 Å². The lowest BCUT2D eigenvalue weighted by Gasteiger charge is -2.54. The number of rotatable bonds is 4. The van der Waals surface area contributed by atoms with Gasteiger partial charge in [-0.1, -0.05) is 50.2 Å². The van der Waals surface area contributed by atoms with E-state index in [4.69, 9.17) is 4.74 Å². The molecule has 5 rings (SSSR count). The molecule has 158 valence electrons. The number of phenolic OH excluding ortho intramolecular Hbond substituents is 1. The summed E-state index contributed by atoms with van der Waals surface area (Å²) in [6.07, 6.45) is 2.95. The Hall–Kier alpha value is -2.33. The zero-order valence-electron chi connectivity index (χ0n) is 18.1. The van der Waals surface area contributed by atoms with Gasteiger partial charge in [0.25, 0.3) is 0 Å². The average Bonchev–Trinajstić information content (AvgIpc) is 3.48. The second kappa shape index (κ2) is 6.84. The van der Waals surface area contributed by atoms with Gasteiger partial charge in [-0.05, 0) is 71.9 Å². The van der Waals surface area contributed by atoms with Crippen molar-refractivity contribution in [3.63, 3.8) is 0 Å². The molecule has 2 bridgehead atoms. The molecule has 2 aliphatic carbocycles. The molecule has 1 saturated carbocycles. The van der Waals surface area contributed by atoms with E-state index in [1.807, 2.05) is 30.3 Å². The summed E-state index contributed by atoms with van der Waals surface area (Å²) in [6.45, 7) is 6.69. The first-order chi connectivity index (χ1) is 14.4. The number of fused-ring (bicyclic) bond motifs is 4. The highest BCUT2D eigenvalue weighted by molar-refractivity contribution is 5.87. The van der Waals surface area contributed by atoms with Gasteiger partial charge in [-0.15, -0.1) is 0 Å². The Morgan fingerprint density at radius 2 is 2.00 bits per heavy atom. The molecule has 1 saturated heterocycles. The zero-order chi connectivity index (χ0) is 21.1. The van der Waals surface area contributed by atoms with Crippen molar-refractivity contribution in [1.82, 2.24) is 4.90 Å². The van der Waals surface area contributed by atoms with Gasteiger partial charge in [0.15, 0.2) is 0 Å². The van der Waals surface area contributed by atoms with Crippen LogP contribution in [0.4, 0.5) is 0 Å². The third-order valence-electron chi connectivity index (χ3n) is 8.51. The SMILES string of the molecule is COC(=O)[C@@]1(c2ccccc2)C[C@@H]1CN1CC[C@@]2(C)c3cc(O)ccc3C[C@@H]1[C@@H]2C. The van der Waals surface area contributed by atoms with Crippen molar-refractivity contribution in [2.75, 3.05) is 20.2 Å². The van der Waals surface area contributed by atoms with Gasteiger partial charge in [-0.25, -0.2) is 0 Å². The van der Waals surface area contributed by atoms with Gasteiger partial charge in [0, 0.05) is 12.6 Å². The molecule has 0 unspecified atom stereocenters. The molecule has 0 radical (unpaired) electrons. The lowest BCUT2D eigenvalue weighted by molar-refractivity contribution is -0.144. The van der Waals surface area contributed by atoms with Crippen LogP contribution in [0.3, 0.4) is 0 Å². The minimum atomic E-state index is -0.488. The highest BCUT2D eigenvalue weighted by Gasteiger charge is 2.63. The predicted octanol–water partition coefficient (Wildman–Crippen LogP) is 4.05.